The molecule has 0 unspecified atom stereocenters. The van der Waals surface area contributed by atoms with Gasteiger partial charge in [-0.15, -0.1) is 12.4 Å². The summed E-state index contributed by atoms with van der Waals surface area (Å²) in [7, 11) is -3.91. The average molecular weight is 528 g/mol. The van der Waals surface area contributed by atoms with Crippen LogP contribution in [0.25, 0.3) is 16.7 Å². The van der Waals surface area contributed by atoms with Crippen molar-refractivity contribution in [2.24, 2.45) is 0 Å². The SMILES string of the molecule is CCc1nc2c(C)nc(C)cc2n1-c1ccc(CCNC(=O)NS(=O)(=O)c2ccc(C)cc2)cc1.Cl. The van der Waals surface area contributed by atoms with E-state index in [1.54, 1.807) is 12.1 Å². The first-order chi connectivity index (χ1) is 16.7. The molecule has 2 heterocycles. The van der Waals surface area contributed by atoms with Gasteiger partial charge in [0.2, 0.25) is 0 Å². The van der Waals surface area contributed by atoms with E-state index in [-0.39, 0.29) is 17.3 Å². The Labute approximate surface area is 217 Å². The Balaban J connectivity index is 0.00000361. The van der Waals surface area contributed by atoms with Crippen LogP contribution in [0.1, 0.15) is 35.3 Å². The predicted molar refractivity (Wildman–Crippen MR) is 144 cm³/mol. The lowest BCUT2D eigenvalue weighted by atomic mass is 10.1. The van der Waals surface area contributed by atoms with E-state index >= 15 is 0 Å². The number of carbonyl (C=O) groups excluding carboxylic acids is 1. The fourth-order valence-electron chi connectivity index (χ4n) is 4.02. The van der Waals surface area contributed by atoms with Crippen LogP contribution in [0.15, 0.2) is 59.5 Å². The molecular weight excluding hydrogens is 498 g/mol. The zero-order valence-electron chi connectivity index (χ0n) is 20.7. The smallest absolute Gasteiger partial charge is 0.328 e. The quantitative estimate of drug-likeness (QED) is 0.366. The van der Waals surface area contributed by atoms with Gasteiger partial charge in [0.25, 0.3) is 10.0 Å². The summed E-state index contributed by atoms with van der Waals surface area (Å²) < 4.78 is 28.9. The van der Waals surface area contributed by atoms with Crippen LogP contribution in [-0.2, 0) is 22.9 Å². The van der Waals surface area contributed by atoms with Crippen molar-refractivity contribution < 1.29 is 13.2 Å². The van der Waals surface area contributed by atoms with E-state index < -0.39 is 16.1 Å². The van der Waals surface area contributed by atoms with Gasteiger partial charge < -0.3 is 5.32 Å². The fourth-order valence-corrected chi connectivity index (χ4v) is 4.95. The highest BCUT2D eigenvalue weighted by atomic mass is 35.5. The van der Waals surface area contributed by atoms with Gasteiger partial charge in [0.15, 0.2) is 0 Å². The van der Waals surface area contributed by atoms with Crippen molar-refractivity contribution in [3.05, 3.63) is 82.9 Å². The summed E-state index contributed by atoms with van der Waals surface area (Å²) in [5, 5.41) is 2.61. The second-order valence-electron chi connectivity index (χ2n) is 8.52. The number of benzene rings is 2. The van der Waals surface area contributed by atoms with E-state index in [2.05, 4.69) is 32.6 Å². The van der Waals surface area contributed by atoms with Gasteiger partial charge in [-0.2, -0.15) is 0 Å². The largest absolute Gasteiger partial charge is 0.337 e. The molecule has 4 aromatic rings. The summed E-state index contributed by atoms with van der Waals surface area (Å²) in [6.45, 7) is 8.20. The van der Waals surface area contributed by atoms with Crippen molar-refractivity contribution in [1.29, 1.82) is 0 Å². The molecule has 0 saturated carbocycles. The molecule has 0 aliphatic heterocycles. The zero-order valence-corrected chi connectivity index (χ0v) is 22.3. The number of nitrogens with one attached hydrogen (secondary N) is 2. The van der Waals surface area contributed by atoms with Crippen molar-refractivity contribution in [2.45, 2.75) is 45.4 Å². The molecule has 2 aromatic carbocycles. The molecule has 0 bridgehead atoms. The molecule has 10 heteroatoms. The molecule has 2 N–H and O–H groups in total. The minimum absolute atomic E-state index is 0. The second-order valence-corrected chi connectivity index (χ2v) is 10.2. The lowest BCUT2D eigenvalue weighted by molar-refractivity contribution is 0.246. The third-order valence-electron chi connectivity index (χ3n) is 5.78. The minimum atomic E-state index is -3.91. The predicted octanol–water partition coefficient (Wildman–Crippen LogP) is 4.56. The van der Waals surface area contributed by atoms with Gasteiger partial charge in [-0.1, -0.05) is 36.8 Å². The van der Waals surface area contributed by atoms with Crippen LogP contribution in [0, 0.1) is 20.8 Å². The van der Waals surface area contributed by atoms with E-state index in [1.807, 2.05) is 45.0 Å². The number of halogens is 1. The molecule has 190 valence electrons. The lowest BCUT2D eigenvalue weighted by Crippen LogP contribution is -2.40. The Hall–Kier alpha value is -3.43. The number of urea groups is 1. The fraction of sp³-hybridized carbons (Fsp3) is 0.269. The zero-order chi connectivity index (χ0) is 25.2. The van der Waals surface area contributed by atoms with Gasteiger partial charge in [0, 0.05) is 24.3 Å². The highest BCUT2D eigenvalue weighted by Crippen LogP contribution is 2.24. The van der Waals surface area contributed by atoms with E-state index in [0.29, 0.717) is 13.0 Å². The van der Waals surface area contributed by atoms with E-state index in [1.165, 1.54) is 12.1 Å². The van der Waals surface area contributed by atoms with Crippen molar-refractivity contribution in [2.75, 3.05) is 6.54 Å². The molecule has 0 radical (unpaired) electrons. The number of hydrogen-bond donors (Lipinski definition) is 2. The highest BCUT2D eigenvalue weighted by molar-refractivity contribution is 7.90. The molecule has 2 amide bonds. The van der Waals surface area contributed by atoms with Crippen LogP contribution in [0.2, 0.25) is 0 Å². The molecule has 2 aromatic heterocycles. The third kappa shape index (κ3) is 5.85. The molecule has 8 nitrogen and oxygen atoms in total. The topological polar surface area (TPSA) is 106 Å². The number of pyridine rings is 1. The Bertz CT molecular complexity index is 1480. The Morgan fingerprint density at radius 1 is 0.972 bits per heavy atom. The molecule has 0 atom stereocenters. The number of aryl methyl sites for hydroxylation is 4. The normalized spacial score (nSPS) is 11.2. The van der Waals surface area contributed by atoms with Gasteiger partial charge in [0.1, 0.15) is 11.3 Å². The van der Waals surface area contributed by atoms with Crippen molar-refractivity contribution in [3.63, 3.8) is 0 Å². The summed E-state index contributed by atoms with van der Waals surface area (Å²) in [5.74, 6) is 0.969. The van der Waals surface area contributed by atoms with Gasteiger partial charge in [-0.25, -0.2) is 22.9 Å². The summed E-state index contributed by atoms with van der Waals surface area (Å²) in [6, 6.07) is 15.7. The Morgan fingerprint density at radius 3 is 2.28 bits per heavy atom. The van der Waals surface area contributed by atoms with Crippen LogP contribution >= 0.6 is 12.4 Å². The van der Waals surface area contributed by atoms with Crippen molar-refractivity contribution in [1.82, 2.24) is 24.6 Å². The average Bonchev–Trinajstić information content (AvgIpc) is 3.18. The summed E-state index contributed by atoms with van der Waals surface area (Å²) in [5.41, 5.74) is 6.77. The maximum absolute atomic E-state index is 12.3. The van der Waals surface area contributed by atoms with Gasteiger partial charge in [-0.05, 0) is 63.1 Å². The molecule has 0 spiro atoms. The number of carbonyl (C=O) groups is 1. The number of fused-ring (bicyclic) bond motifs is 1. The number of sulfonamides is 1. The molecular formula is C26H30ClN5O3S. The van der Waals surface area contributed by atoms with E-state index in [0.717, 1.165) is 51.5 Å². The monoisotopic (exact) mass is 527 g/mol. The van der Waals surface area contributed by atoms with E-state index in [4.69, 9.17) is 4.98 Å². The lowest BCUT2D eigenvalue weighted by Gasteiger charge is -2.11. The molecule has 0 aliphatic rings. The van der Waals surface area contributed by atoms with Crippen LogP contribution in [0.4, 0.5) is 4.79 Å². The Kier molecular flexibility index (Phi) is 8.37. The summed E-state index contributed by atoms with van der Waals surface area (Å²) >= 11 is 0. The molecule has 4 rings (SSSR count). The Morgan fingerprint density at radius 2 is 1.64 bits per heavy atom. The van der Waals surface area contributed by atoms with Crippen LogP contribution in [0.3, 0.4) is 0 Å². The molecule has 0 aliphatic carbocycles. The number of nitrogens with zero attached hydrogens (tertiary/aromatic N) is 3. The van der Waals surface area contributed by atoms with Crippen LogP contribution in [0.5, 0.6) is 0 Å². The highest BCUT2D eigenvalue weighted by Gasteiger charge is 2.17. The van der Waals surface area contributed by atoms with Gasteiger partial charge in [-0.3, -0.25) is 9.55 Å². The molecule has 0 fully saturated rings. The van der Waals surface area contributed by atoms with Gasteiger partial charge >= 0.3 is 6.03 Å². The van der Waals surface area contributed by atoms with Crippen LogP contribution < -0.4 is 10.0 Å². The summed E-state index contributed by atoms with van der Waals surface area (Å²) in [6.07, 6.45) is 1.35. The van der Waals surface area contributed by atoms with Crippen molar-refractivity contribution in [3.8, 4) is 5.69 Å². The molecule has 36 heavy (non-hydrogen) atoms. The maximum atomic E-state index is 12.3. The van der Waals surface area contributed by atoms with E-state index in [9.17, 15) is 13.2 Å². The standard InChI is InChI=1S/C26H29N5O3S.ClH/c1-5-24-29-25-19(4)28-18(3)16-23(25)31(24)21-10-8-20(9-11-21)14-15-27-26(32)30-35(33,34)22-12-6-17(2)7-13-22;/h6-13,16H,5,14-15H2,1-4H3,(H2,27,30,32);1H. The number of imidazole rings is 1. The number of aromatic nitrogens is 3. The second kappa shape index (κ2) is 11.1. The first kappa shape index (κ1) is 27.2. The minimum Gasteiger partial charge on any atom is -0.337 e. The number of rotatable bonds is 7. The maximum Gasteiger partial charge on any atom is 0.328 e. The summed E-state index contributed by atoms with van der Waals surface area (Å²) in [4.78, 5) is 21.5. The molecule has 0 saturated heterocycles. The van der Waals surface area contributed by atoms with Gasteiger partial charge in [0.05, 0.1) is 16.1 Å². The third-order valence-corrected chi connectivity index (χ3v) is 7.13. The number of hydrogen-bond acceptors (Lipinski definition) is 5. The van der Waals surface area contributed by atoms with Crippen molar-refractivity contribution >= 4 is 39.5 Å². The van der Waals surface area contributed by atoms with Crippen LogP contribution in [-0.4, -0.2) is 35.5 Å². The first-order valence-corrected chi connectivity index (χ1v) is 13.0. The first-order valence-electron chi connectivity index (χ1n) is 11.5. The number of amides is 2.